The molecular formula is C22H16O4. The van der Waals surface area contributed by atoms with E-state index in [4.69, 9.17) is 9.15 Å². The molecule has 3 aromatic rings. The summed E-state index contributed by atoms with van der Waals surface area (Å²) in [5, 5.41) is 0. The predicted octanol–water partition coefficient (Wildman–Crippen LogP) is 4.56. The number of carbonyl (C=O) groups excluding carboxylic acids is 2. The van der Waals surface area contributed by atoms with Crippen molar-refractivity contribution in [1.82, 2.24) is 0 Å². The van der Waals surface area contributed by atoms with Crippen LogP contribution in [0.25, 0.3) is 17.4 Å². The monoisotopic (exact) mass is 344 g/mol. The molecule has 1 aromatic heterocycles. The molecule has 0 N–H and O–H groups in total. The fourth-order valence-corrected chi connectivity index (χ4v) is 3.12. The maximum atomic E-state index is 12.5. The van der Waals surface area contributed by atoms with Crippen LogP contribution in [0.15, 0.2) is 70.7 Å². The van der Waals surface area contributed by atoms with Gasteiger partial charge in [-0.1, -0.05) is 36.4 Å². The topological polar surface area (TPSA) is 56.5 Å². The number of esters is 1. The Morgan fingerprint density at radius 3 is 2.54 bits per heavy atom. The SMILES string of the molecule is COC(=O)c1ccc(-c2ccc(/C=C3\Cc4ccccc4C3=O)o2)cc1. The largest absolute Gasteiger partial charge is 0.465 e. The van der Waals surface area contributed by atoms with Crippen molar-refractivity contribution in [3.8, 4) is 11.3 Å². The minimum absolute atomic E-state index is 0.0565. The summed E-state index contributed by atoms with van der Waals surface area (Å²) in [7, 11) is 1.35. The zero-order valence-electron chi connectivity index (χ0n) is 14.2. The molecule has 0 radical (unpaired) electrons. The molecule has 4 rings (SSSR count). The number of fused-ring (bicyclic) bond motifs is 1. The smallest absolute Gasteiger partial charge is 0.337 e. The number of allylic oxidation sites excluding steroid dienone is 1. The van der Waals surface area contributed by atoms with Crippen LogP contribution in [0.4, 0.5) is 0 Å². The molecule has 0 saturated carbocycles. The summed E-state index contributed by atoms with van der Waals surface area (Å²) >= 11 is 0. The summed E-state index contributed by atoms with van der Waals surface area (Å²) in [5.41, 5.74) is 3.88. The number of Topliss-reactive ketones (excluding diaryl/α,β-unsaturated/α-hetero) is 1. The third kappa shape index (κ3) is 2.86. The Hall–Kier alpha value is -3.40. The number of rotatable bonds is 3. The van der Waals surface area contributed by atoms with E-state index in [1.54, 1.807) is 30.3 Å². The Labute approximate surface area is 150 Å². The van der Waals surface area contributed by atoms with E-state index in [9.17, 15) is 9.59 Å². The van der Waals surface area contributed by atoms with Crippen LogP contribution < -0.4 is 0 Å². The standard InChI is InChI=1S/C22H16O4/c1-25-22(24)15-8-6-14(7-9-15)20-11-10-18(26-20)13-17-12-16-4-2-3-5-19(16)21(17)23/h2-11,13H,12H2,1H3/b17-13+. The highest BCUT2D eigenvalue weighted by Crippen LogP contribution is 2.29. The highest BCUT2D eigenvalue weighted by Gasteiger charge is 2.24. The molecular weight excluding hydrogens is 328 g/mol. The van der Waals surface area contributed by atoms with Crippen molar-refractivity contribution in [1.29, 1.82) is 0 Å². The second kappa shape index (κ2) is 6.48. The average molecular weight is 344 g/mol. The van der Waals surface area contributed by atoms with Gasteiger partial charge in [0, 0.05) is 23.1 Å². The Morgan fingerprint density at radius 1 is 1.04 bits per heavy atom. The molecule has 1 aliphatic carbocycles. The Bertz CT molecular complexity index is 1020. The normalized spacial score (nSPS) is 14.5. The van der Waals surface area contributed by atoms with Crippen LogP contribution in [-0.2, 0) is 11.2 Å². The molecule has 2 aromatic carbocycles. The number of furan rings is 1. The van der Waals surface area contributed by atoms with Crippen LogP contribution in [0, 0.1) is 0 Å². The van der Waals surface area contributed by atoms with Gasteiger partial charge < -0.3 is 9.15 Å². The lowest BCUT2D eigenvalue weighted by Crippen LogP contribution is -2.00. The number of benzene rings is 2. The van der Waals surface area contributed by atoms with E-state index in [2.05, 4.69) is 0 Å². The molecule has 4 heteroatoms. The van der Waals surface area contributed by atoms with Gasteiger partial charge in [-0.25, -0.2) is 4.79 Å². The molecule has 0 amide bonds. The van der Waals surface area contributed by atoms with Gasteiger partial charge in [0.2, 0.25) is 0 Å². The summed E-state index contributed by atoms with van der Waals surface area (Å²) in [6, 6.07) is 18.3. The summed E-state index contributed by atoms with van der Waals surface area (Å²) < 4.78 is 10.6. The van der Waals surface area contributed by atoms with Crippen molar-refractivity contribution < 1.29 is 18.7 Å². The maximum Gasteiger partial charge on any atom is 0.337 e. The summed E-state index contributed by atoms with van der Waals surface area (Å²) in [5.74, 6) is 0.992. The van der Waals surface area contributed by atoms with Crippen molar-refractivity contribution in [2.24, 2.45) is 0 Å². The number of methoxy groups -OCH3 is 1. The highest BCUT2D eigenvalue weighted by atomic mass is 16.5. The van der Waals surface area contributed by atoms with E-state index in [-0.39, 0.29) is 11.8 Å². The lowest BCUT2D eigenvalue weighted by molar-refractivity contribution is 0.0600. The van der Waals surface area contributed by atoms with Gasteiger partial charge in [-0.2, -0.15) is 0 Å². The number of ketones is 1. The van der Waals surface area contributed by atoms with E-state index in [1.165, 1.54) is 7.11 Å². The minimum Gasteiger partial charge on any atom is -0.465 e. The van der Waals surface area contributed by atoms with E-state index < -0.39 is 0 Å². The van der Waals surface area contributed by atoms with Gasteiger partial charge in [-0.3, -0.25) is 4.79 Å². The van der Waals surface area contributed by atoms with Gasteiger partial charge in [-0.15, -0.1) is 0 Å². The fraction of sp³-hybridized carbons (Fsp3) is 0.0909. The van der Waals surface area contributed by atoms with Crippen LogP contribution in [0.5, 0.6) is 0 Å². The maximum absolute atomic E-state index is 12.5. The predicted molar refractivity (Wildman–Crippen MR) is 97.9 cm³/mol. The molecule has 4 nitrogen and oxygen atoms in total. The van der Waals surface area contributed by atoms with Crippen molar-refractivity contribution in [3.63, 3.8) is 0 Å². The number of ether oxygens (including phenoxy) is 1. The molecule has 0 saturated heterocycles. The van der Waals surface area contributed by atoms with Gasteiger partial charge in [0.05, 0.1) is 12.7 Å². The molecule has 0 fully saturated rings. The molecule has 1 aliphatic rings. The first kappa shape index (κ1) is 16.1. The average Bonchev–Trinajstić information content (AvgIpc) is 3.27. The summed E-state index contributed by atoms with van der Waals surface area (Å²) in [6.45, 7) is 0. The molecule has 0 aliphatic heterocycles. The van der Waals surface area contributed by atoms with Crippen LogP contribution in [-0.4, -0.2) is 18.9 Å². The molecule has 128 valence electrons. The van der Waals surface area contributed by atoms with Gasteiger partial charge in [0.25, 0.3) is 0 Å². The first-order valence-corrected chi connectivity index (χ1v) is 8.27. The van der Waals surface area contributed by atoms with Crippen molar-refractivity contribution >= 4 is 17.8 Å². The molecule has 0 unspecified atom stereocenters. The zero-order valence-corrected chi connectivity index (χ0v) is 14.2. The van der Waals surface area contributed by atoms with Gasteiger partial charge in [-0.05, 0) is 35.9 Å². The van der Waals surface area contributed by atoms with Gasteiger partial charge >= 0.3 is 5.97 Å². The fourth-order valence-electron chi connectivity index (χ4n) is 3.12. The van der Waals surface area contributed by atoms with E-state index in [1.807, 2.05) is 36.4 Å². The summed E-state index contributed by atoms with van der Waals surface area (Å²) in [6.07, 6.45) is 2.42. The van der Waals surface area contributed by atoms with Gasteiger partial charge in [0.1, 0.15) is 11.5 Å². The second-order valence-electron chi connectivity index (χ2n) is 6.10. The van der Waals surface area contributed by atoms with Crippen molar-refractivity contribution in [2.45, 2.75) is 6.42 Å². The van der Waals surface area contributed by atoms with Crippen LogP contribution in [0.3, 0.4) is 0 Å². The number of hydrogen-bond donors (Lipinski definition) is 0. The highest BCUT2D eigenvalue weighted by molar-refractivity contribution is 6.15. The minimum atomic E-state index is -0.374. The quantitative estimate of drug-likeness (QED) is 0.516. The molecule has 1 heterocycles. The Kier molecular flexibility index (Phi) is 4.01. The Morgan fingerprint density at radius 2 is 1.81 bits per heavy atom. The van der Waals surface area contributed by atoms with E-state index in [0.717, 1.165) is 22.3 Å². The lowest BCUT2D eigenvalue weighted by Gasteiger charge is -2.00. The van der Waals surface area contributed by atoms with E-state index in [0.29, 0.717) is 23.5 Å². The first-order valence-electron chi connectivity index (χ1n) is 8.27. The lowest BCUT2D eigenvalue weighted by atomic mass is 10.1. The molecule has 0 bridgehead atoms. The second-order valence-corrected chi connectivity index (χ2v) is 6.10. The zero-order chi connectivity index (χ0) is 18.1. The summed E-state index contributed by atoms with van der Waals surface area (Å²) in [4.78, 5) is 24.0. The molecule has 0 atom stereocenters. The first-order chi connectivity index (χ1) is 12.7. The molecule has 0 spiro atoms. The van der Waals surface area contributed by atoms with Crippen molar-refractivity contribution in [3.05, 3.63) is 88.7 Å². The van der Waals surface area contributed by atoms with Crippen molar-refractivity contribution in [2.75, 3.05) is 7.11 Å². The van der Waals surface area contributed by atoms with Crippen LogP contribution in [0.2, 0.25) is 0 Å². The molecule has 26 heavy (non-hydrogen) atoms. The third-order valence-electron chi connectivity index (χ3n) is 4.47. The Balaban J connectivity index is 1.58. The number of carbonyl (C=O) groups is 2. The van der Waals surface area contributed by atoms with Crippen LogP contribution >= 0.6 is 0 Å². The third-order valence-corrected chi connectivity index (χ3v) is 4.47. The van der Waals surface area contributed by atoms with Gasteiger partial charge in [0.15, 0.2) is 5.78 Å². The number of hydrogen-bond acceptors (Lipinski definition) is 4. The van der Waals surface area contributed by atoms with Crippen LogP contribution in [0.1, 0.15) is 32.0 Å². The van der Waals surface area contributed by atoms with E-state index >= 15 is 0 Å².